The number of carbonyl (C=O) groups is 2. The second-order valence-electron chi connectivity index (χ2n) is 5.41. The van der Waals surface area contributed by atoms with E-state index in [4.69, 9.17) is 4.74 Å². The SMILES string of the molecule is CCCN(CCC)C(=O)CC1NCCN(CCOC)C1=O.Cl. The molecule has 0 aromatic rings. The average molecular weight is 336 g/mol. The lowest BCUT2D eigenvalue weighted by Gasteiger charge is -2.33. The zero-order chi connectivity index (χ0) is 15.7. The van der Waals surface area contributed by atoms with Crippen LogP contribution in [0, 0.1) is 0 Å². The first kappa shape index (κ1) is 21.1. The van der Waals surface area contributed by atoms with E-state index in [9.17, 15) is 9.59 Å². The number of methoxy groups -OCH3 is 1. The molecule has 1 aliphatic rings. The average Bonchev–Trinajstić information content (AvgIpc) is 2.48. The van der Waals surface area contributed by atoms with Gasteiger partial charge >= 0.3 is 0 Å². The molecule has 1 aliphatic heterocycles. The number of nitrogens with zero attached hydrogens (tertiary/aromatic N) is 2. The van der Waals surface area contributed by atoms with E-state index in [1.54, 1.807) is 12.0 Å². The standard InChI is InChI=1S/C15H29N3O3.ClH/c1-4-7-17(8-5-2)14(19)12-13-15(20)18(9-6-16-13)10-11-21-3;/h13,16H,4-12H2,1-3H3;1H. The van der Waals surface area contributed by atoms with Crippen molar-refractivity contribution in [3.63, 3.8) is 0 Å². The van der Waals surface area contributed by atoms with Crippen LogP contribution in [0.25, 0.3) is 0 Å². The van der Waals surface area contributed by atoms with Gasteiger partial charge in [0.1, 0.15) is 0 Å². The third kappa shape index (κ3) is 6.50. The third-order valence-corrected chi connectivity index (χ3v) is 3.67. The second-order valence-corrected chi connectivity index (χ2v) is 5.41. The lowest BCUT2D eigenvalue weighted by molar-refractivity contribution is -0.141. The monoisotopic (exact) mass is 335 g/mol. The van der Waals surface area contributed by atoms with Crippen LogP contribution in [0.1, 0.15) is 33.1 Å². The fourth-order valence-corrected chi connectivity index (χ4v) is 2.58. The maximum absolute atomic E-state index is 12.3. The summed E-state index contributed by atoms with van der Waals surface area (Å²) in [7, 11) is 1.63. The molecule has 0 radical (unpaired) electrons. The Bertz CT molecular complexity index is 336. The predicted octanol–water partition coefficient (Wildman–Crippen LogP) is 0.894. The van der Waals surface area contributed by atoms with Crippen LogP contribution in [0.15, 0.2) is 0 Å². The number of piperazine rings is 1. The predicted molar refractivity (Wildman–Crippen MR) is 89.3 cm³/mol. The van der Waals surface area contributed by atoms with Gasteiger partial charge in [0.25, 0.3) is 0 Å². The van der Waals surface area contributed by atoms with Crippen molar-refractivity contribution in [2.75, 3.05) is 46.4 Å². The van der Waals surface area contributed by atoms with Gasteiger partial charge in [-0.3, -0.25) is 9.59 Å². The second kappa shape index (κ2) is 11.7. The summed E-state index contributed by atoms with van der Waals surface area (Å²) in [6, 6.07) is -0.390. The van der Waals surface area contributed by atoms with Crippen LogP contribution in [0.3, 0.4) is 0 Å². The number of halogens is 1. The highest BCUT2D eigenvalue weighted by molar-refractivity contribution is 5.89. The van der Waals surface area contributed by atoms with Gasteiger partial charge in [0.2, 0.25) is 11.8 Å². The van der Waals surface area contributed by atoms with Gasteiger partial charge in [-0.1, -0.05) is 13.8 Å². The Kier molecular flexibility index (Phi) is 11.2. The van der Waals surface area contributed by atoms with Crippen molar-refractivity contribution in [2.24, 2.45) is 0 Å². The van der Waals surface area contributed by atoms with E-state index >= 15 is 0 Å². The summed E-state index contributed by atoms with van der Waals surface area (Å²) in [6.07, 6.45) is 2.14. The number of ether oxygens (including phenoxy) is 1. The summed E-state index contributed by atoms with van der Waals surface area (Å²) in [5, 5.41) is 3.17. The van der Waals surface area contributed by atoms with Gasteiger partial charge in [0.05, 0.1) is 19.1 Å². The van der Waals surface area contributed by atoms with E-state index in [1.807, 2.05) is 4.90 Å². The number of carbonyl (C=O) groups excluding carboxylic acids is 2. The largest absolute Gasteiger partial charge is 0.383 e. The number of hydrogen-bond donors (Lipinski definition) is 1. The first-order chi connectivity index (χ1) is 10.1. The molecule has 0 aromatic carbocycles. The van der Waals surface area contributed by atoms with Crippen molar-refractivity contribution in [3.05, 3.63) is 0 Å². The molecule has 0 aromatic heterocycles. The van der Waals surface area contributed by atoms with Gasteiger partial charge in [-0.2, -0.15) is 0 Å². The molecule has 0 saturated carbocycles. The Labute approximate surface area is 140 Å². The minimum Gasteiger partial charge on any atom is -0.383 e. The molecule has 0 bridgehead atoms. The highest BCUT2D eigenvalue weighted by Gasteiger charge is 2.30. The summed E-state index contributed by atoms with van der Waals surface area (Å²) in [5.41, 5.74) is 0. The van der Waals surface area contributed by atoms with Crippen LogP contribution in [0.2, 0.25) is 0 Å². The summed E-state index contributed by atoms with van der Waals surface area (Å²) in [4.78, 5) is 28.3. The van der Waals surface area contributed by atoms with Gasteiger partial charge in [-0.25, -0.2) is 0 Å². The molecule has 1 saturated heterocycles. The van der Waals surface area contributed by atoms with Crippen LogP contribution in [-0.4, -0.2) is 74.1 Å². The smallest absolute Gasteiger partial charge is 0.240 e. The van der Waals surface area contributed by atoms with E-state index in [0.29, 0.717) is 19.7 Å². The molecular weight excluding hydrogens is 306 g/mol. The van der Waals surface area contributed by atoms with Crippen molar-refractivity contribution in [2.45, 2.75) is 39.2 Å². The molecule has 2 amide bonds. The maximum atomic E-state index is 12.3. The van der Waals surface area contributed by atoms with E-state index in [-0.39, 0.29) is 36.7 Å². The zero-order valence-corrected chi connectivity index (χ0v) is 14.8. The molecule has 7 heteroatoms. The Morgan fingerprint density at radius 2 is 2.00 bits per heavy atom. The Hall–Kier alpha value is -0.850. The molecule has 22 heavy (non-hydrogen) atoms. The maximum Gasteiger partial charge on any atom is 0.240 e. The first-order valence-corrected chi connectivity index (χ1v) is 7.92. The quantitative estimate of drug-likeness (QED) is 0.680. The highest BCUT2D eigenvalue weighted by Crippen LogP contribution is 2.08. The highest BCUT2D eigenvalue weighted by atomic mass is 35.5. The minimum absolute atomic E-state index is 0. The molecule has 6 nitrogen and oxygen atoms in total. The lowest BCUT2D eigenvalue weighted by Crippen LogP contribution is -2.57. The minimum atomic E-state index is -0.390. The number of amides is 2. The third-order valence-electron chi connectivity index (χ3n) is 3.67. The van der Waals surface area contributed by atoms with Gasteiger partial charge < -0.3 is 19.9 Å². The molecule has 1 rings (SSSR count). The van der Waals surface area contributed by atoms with Crippen molar-refractivity contribution >= 4 is 24.2 Å². The van der Waals surface area contributed by atoms with E-state index in [0.717, 1.165) is 32.5 Å². The summed E-state index contributed by atoms with van der Waals surface area (Å²) < 4.78 is 5.02. The Morgan fingerprint density at radius 3 is 2.55 bits per heavy atom. The molecule has 1 heterocycles. The molecule has 0 spiro atoms. The summed E-state index contributed by atoms with van der Waals surface area (Å²) >= 11 is 0. The zero-order valence-electron chi connectivity index (χ0n) is 14.0. The lowest BCUT2D eigenvalue weighted by atomic mass is 10.1. The molecule has 0 aliphatic carbocycles. The van der Waals surface area contributed by atoms with Crippen LogP contribution in [0.5, 0.6) is 0 Å². The van der Waals surface area contributed by atoms with E-state index < -0.39 is 0 Å². The molecule has 1 unspecified atom stereocenters. The van der Waals surface area contributed by atoms with Gasteiger partial charge in [-0.15, -0.1) is 12.4 Å². The van der Waals surface area contributed by atoms with Gasteiger partial charge in [0.15, 0.2) is 0 Å². The van der Waals surface area contributed by atoms with E-state index in [2.05, 4.69) is 19.2 Å². The van der Waals surface area contributed by atoms with Crippen molar-refractivity contribution in [3.8, 4) is 0 Å². The topological polar surface area (TPSA) is 61.9 Å². The molecule has 130 valence electrons. The normalized spacial score (nSPS) is 18.0. The summed E-state index contributed by atoms with van der Waals surface area (Å²) in [5.74, 6) is 0.0812. The fourth-order valence-electron chi connectivity index (χ4n) is 2.58. The number of hydrogen-bond acceptors (Lipinski definition) is 4. The van der Waals surface area contributed by atoms with Crippen molar-refractivity contribution in [1.82, 2.24) is 15.1 Å². The first-order valence-electron chi connectivity index (χ1n) is 7.92. The fraction of sp³-hybridized carbons (Fsp3) is 0.867. The van der Waals surface area contributed by atoms with E-state index in [1.165, 1.54) is 0 Å². The number of rotatable bonds is 9. The summed E-state index contributed by atoms with van der Waals surface area (Å²) in [6.45, 7) is 8.19. The van der Waals surface area contributed by atoms with Crippen molar-refractivity contribution in [1.29, 1.82) is 0 Å². The molecule has 1 fully saturated rings. The van der Waals surface area contributed by atoms with Gasteiger partial charge in [-0.05, 0) is 12.8 Å². The molecule has 1 N–H and O–H groups in total. The molecule has 1 atom stereocenters. The van der Waals surface area contributed by atoms with Crippen molar-refractivity contribution < 1.29 is 14.3 Å². The van der Waals surface area contributed by atoms with Crippen LogP contribution < -0.4 is 5.32 Å². The van der Waals surface area contributed by atoms with Crippen LogP contribution >= 0.6 is 12.4 Å². The number of nitrogens with one attached hydrogen (secondary N) is 1. The Balaban J connectivity index is 0.00000441. The van der Waals surface area contributed by atoms with Crippen LogP contribution in [0.4, 0.5) is 0 Å². The molecular formula is C15H30ClN3O3. The van der Waals surface area contributed by atoms with Crippen LogP contribution in [-0.2, 0) is 14.3 Å². The Morgan fingerprint density at radius 1 is 1.36 bits per heavy atom. The van der Waals surface area contributed by atoms with Gasteiger partial charge in [0, 0.05) is 39.8 Å².